The molecule has 0 aromatic rings. The molecule has 0 saturated heterocycles. The number of aliphatic carboxylic acids is 1. The first kappa shape index (κ1) is 58.4. The average molecular weight is 546 g/mol. The SMILES string of the molecule is CC(O)C(=O)[O-].[Na].[Na].[Na].[Na].[Zr].[Zr].[Zr].[Zr]. The maximum Gasteiger partial charge on any atom is 0.0905 e. The van der Waals surface area contributed by atoms with E-state index in [2.05, 4.69) is 0 Å². The van der Waals surface area contributed by atoms with Gasteiger partial charge in [-0.1, -0.05) is 0 Å². The van der Waals surface area contributed by atoms with Crippen LogP contribution in [0.1, 0.15) is 6.92 Å². The van der Waals surface area contributed by atoms with Crippen molar-refractivity contribution >= 4 is 124 Å². The maximum atomic E-state index is 9.34. The van der Waals surface area contributed by atoms with Crippen molar-refractivity contribution in [3.05, 3.63) is 0 Å². The Kier molecular flexibility index (Phi) is 178. The van der Waals surface area contributed by atoms with E-state index in [1.807, 2.05) is 0 Å². The summed E-state index contributed by atoms with van der Waals surface area (Å²) >= 11 is 0. The van der Waals surface area contributed by atoms with Gasteiger partial charge in [0.1, 0.15) is 0 Å². The summed E-state index contributed by atoms with van der Waals surface area (Å²) in [7, 11) is 0. The number of hydrogen-bond acceptors (Lipinski definition) is 3. The van der Waals surface area contributed by atoms with E-state index >= 15 is 0 Å². The van der Waals surface area contributed by atoms with Gasteiger partial charge < -0.3 is 15.0 Å². The second-order valence-electron chi connectivity index (χ2n) is 0.995. The first-order chi connectivity index (χ1) is 2.64. The van der Waals surface area contributed by atoms with Crippen LogP contribution in [0.3, 0.4) is 0 Å². The zero-order chi connectivity index (χ0) is 5.15. The van der Waals surface area contributed by atoms with Crippen LogP contribution in [0.5, 0.6) is 0 Å². The molecule has 0 rings (SSSR count). The second kappa shape index (κ2) is 42.7. The molecule has 0 aromatic heterocycles. The number of aliphatic hydroxyl groups is 1. The number of carbonyl (C=O) groups excluding carboxylic acids is 1. The summed E-state index contributed by atoms with van der Waals surface area (Å²) in [5.41, 5.74) is 0. The predicted octanol–water partition coefficient (Wildman–Crippen LogP) is -3.42. The first-order valence-electron chi connectivity index (χ1n) is 1.53. The van der Waals surface area contributed by atoms with E-state index in [-0.39, 0.29) is 223 Å². The Morgan fingerprint density at radius 2 is 1.07 bits per heavy atom. The van der Waals surface area contributed by atoms with Crippen molar-refractivity contribution in [2.45, 2.75) is 13.0 Å². The summed E-state index contributed by atoms with van der Waals surface area (Å²) in [6, 6.07) is 0. The van der Waals surface area contributed by atoms with E-state index in [0.717, 1.165) is 6.92 Å². The van der Waals surface area contributed by atoms with Gasteiger partial charge in [0, 0.05) is 223 Å². The van der Waals surface area contributed by atoms with Crippen molar-refractivity contribution in [3.8, 4) is 0 Å². The minimum Gasteiger partial charge on any atom is -0.547 e. The van der Waals surface area contributed by atoms with Crippen LogP contribution in [0.15, 0.2) is 0 Å². The van der Waals surface area contributed by atoms with Gasteiger partial charge in [0.05, 0.1) is 12.1 Å². The molecule has 11 heteroatoms. The Balaban J connectivity index is -0.00000000446. The van der Waals surface area contributed by atoms with Gasteiger partial charge in [0.15, 0.2) is 0 Å². The monoisotopic (exact) mass is 541 g/mol. The molecule has 56 valence electrons. The quantitative estimate of drug-likeness (QED) is 0.349. The van der Waals surface area contributed by atoms with E-state index in [0.29, 0.717) is 0 Å². The van der Waals surface area contributed by atoms with Crippen LogP contribution < -0.4 is 5.11 Å². The van der Waals surface area contributed by atoms with Gasteiger partial charge >= 0.3 is 0 Å². The number of hydrogen-bond donors (Lipinski definition) is 1. The van der Waals surface area contributed by atoms with Gasteiger partial charge in [-0.2, -0.15) is 0 Å². The average Bonchev–Trinajstić information content (AvgIpc) is 1.36. The predicted molar refractivity (Wildman–Crippen MR) is 39.7 cm³/mol. The van der Waals surface area contributed by atoms with Crippen LogP contribution >= 0.6 is 0 Å². The number of rotatable bonds is 1. The standard InChI is InChI=1S/C3H6O3.4Na.4Zr/c1-2(4)3(5)6;;;;;;;;/h2,4H,1H3,(H,5,6);;;;;;;;/p-1. The first-order valence-corrected chi connectivity index (χ1v) is 1.53. The van der Waals surface area contributed by atoms with Crippen LogP contribution in [0.25, 0.3) is 0 Å². The zero-order valence-electron chi connectivity index (χ0n) is 9.34. The molecular weight excluding hydrogens is 541 g/mol. The zero-order valence-corrected chi connectivity index (χ0v) is 27.2. The molecule has 0 bridgehead atoms. The summed E-state index contributed by atoms with van der Waals surface area (Å²) in [6.45, 7) is 1.13. The Morgan fingerprint density at radius 1 is 1.00 bits per heavy atom. The van der Waals surface area contributed by atoms with E-state index < -0.39 is 12.1 Å². The van der Waals surface area contributed by atoms with E-state index in [1.165, 1.54) is 0 Å². The van der Waals surface area contributed by atoms with Crippen molar-refractivity contribution in [1.29, 1.82) is 0 Å². The summed E-state index contributed by atoms with van der Waals surface area (Å²) in [5, 5.41) is 17.3. The number of carboxylic acids is 1. The van der Waals surface area contributed by atoms with Gasteiger partial charge in [0.2, 0.25) is 0 Å². The van der Waals surface area contributed by atoms with Crippen LogP contribution in [0.4, 0.5) is 0 Å². The van der Waals surface area contributed by atoms with Gasteiger partial charge in [-0.3, -0.25) is 0 Å². The van der Waals surface area contributed by atoms with Crippen molar-refractivity contribution < 1.29 is 120 Å². The molecule has 0 saturated carbocycles. The molecule has 0 aliphatic heterocycles. The van der Waals surface area contributed by atoms with Crippen LogP contribution in [-0.4, -0.2) is 135 Å². The fraction of sp³-hybridized carbons (Fsp3) is 0.667. The van der Waals surface area contributed by atoms with Crippen molar-refractivity contribution in [3.63, 3.8) is 0 Å². The Bertz CT molecular complexity index is 78.9. The van der Waals surface area contributed by atoms with Crippen molar-refractivity contribution in [2.24, 2.45) is 0 Å². The molecule has 4 radical (unpaired) electrons. The summed E-state index contributed by atoms with van der Waals surface area (Å²) in [5.74, 6) is -1.44. The van der Waals surface area contributed by atoms with Gasteiger partial charge in [-0.15, -0.1) is 0 Å². The molecular formula is C3H5Na4O3Zr4-. The molecule has 1 N–H and O–H groups in total. The fourth-order valence-corrected chi connectivity index (χ4v) is 0. The van der Waals surface area contributed by atoms with Crippen molar-refractivity contribution in [1.82, 2.24) is 0 Å². The number of aliphatic hydroxyl groups excluding tert-OH is 1. The molecule has 0 amide bonds. The van der Waals surface area contributed by atoms with E-state index in [4.69, 9.17) is 5.11 Å². The maximum absolute atomic E-state index is 9.34. The Labute approximate surface area is 250 Å². The van der Waals surface area contributed by atoms with E-state index in [1.54, 1.807) is 0 Å². The topological polar surface area (TPSA) is 60.4 Å². The minimum absolute atomic E-state index is 0. The normalized spacial score (nSPS) is 5.86. The molecule has 0 aliphatic carbocycles. The second-order valence-corrected chi connectivity index (χ2v) is 0.995. The molecule has 0 aromatic carbocycles. The molecule has 1 atom stereocenters. The number of carboxylic acid groups (broad SMARTS) is 1. The molecule has 0 fully saturated rings. The third-order valence-corrected chi connectivity index (χ3v) is 0.341. The fourth-order valence-electron chi connectivity index (χ4n) is 0. The van der Waals surface area contributed by atoms with Crippen LogP contribution in [0.2, 0.25) is 0 Å². The molecule has 0 spiro atoms. The minimum atomic E-state index is -1.44. The van der Waals surface area contributed by atoms with Crippen molar-refractivity contribution in [2.75, 3.05) is 0 Å². The van der Waals surface area contributed by atoms with Gasteiger partial charge in [-0.05, 0) is 6.92 Å². The summed E-state index contributed by atoms with van der Waals surface area (Å²) in [6.07, 6.45) is -1.34. The third kappa shape index (κ3) is 50.9. The van der Waals surface area contributed by atoms with Gasteiger partial charge in [0.25, 0.3) is 0 Å². The number of carbonyl (C=O) groups is 1. The van der Waals surface area contributed by atoms with Crippen LogP contribution in [-0.2, 0) is 110 Å². The van der Waals surface area contributed by atoms with Gasteiger partial charge in [-0.25, -0.2) is 0 Å². The Hall–Kier alpha value is 6.96. The molecule has 14 heavy (non-hydrogen) atoms. The molecule has 0 heterocycles. The summed E-state index contributed by atoms with van der Waals surface area (Å²) < 4.78 is 0. The third-order valence-electron chi connectivity index (χ3n) is 0.341. The molecule has 0 aliphatic rings. The Morgan fingerprint density at radius 3 is 1.07 bits per heavy atom. The largest absolute Gasteiger partial charge is 0.547 e. The summed E-state index contributed by atoms with van der Waals surface area (Å²) in [4.78, 5) is 9.34. The molecule has 1 unspecified atom stereocenters. The van der Waals surface area contributed by atoms with Crippen LogP contribution in [0, 0.1) is 0 Å². The smallest absolute Gasteiger partial charge is 0.0905 e. The van der Waals surface area contributed by atoms with E-state index in [9.17, 15) is 9.90 Å². The molecule has 3 nitrogen and oxygen atoms in total.